The molecule has 3 aliphatic heterocycles. The quantitative estimate of drug-likeness (QED) is 0.201. The van der Waals surface area contributed by atoms with Crippen LogP contribution in [0.15, 0.2) is 85.1 Å². The van der Waals surface area contributed by atoms with Gasteiger partial charge in [-0.15, -0.1) is 0 Å². The zero-order valence-electron chi connectivity index (χ0n) is 26.0. The topological polar surface area (TPSA) is 55.9 Å². The zero-order valence-corrected chi connectivity index (χ0v) is 26.0. The Bertz CT molecular complexity index is 1590. The molecule has 4 aromatic rings. The highest BCUT2D eigenvalue weighted by molar-refractivity contribution is 5.88. The van der Waals surface area contributed by atoms with Gasteiger partial charge in [0.1, 0.15) is 18.1 Å². The van der Waals surface area contributed by atoms with Crippen molar-refractivity contribution < 1.29 is 14.2 Å². The number of aromatic nitrogens is 1. The van der Waals surface area contributed by atoms with E-state index in [0.29, 0.717) is 36.0 Å². The maximum atomic E-state index is 6.39. The molecule has 2 unspecified atom stereocenters. The third kappa shape index (κ3) is 6.35. The molecule has 1 aromatic heterocycles. The fourth-order valence-corrected chi connectivity index (χ4v) is 6.50. The summed E-state index contributed by atoms with van der Waals surface area (Å²) < 4.78 is 18.5. The van der Waals surface area contributed by atoms with Gasteiger partial charge < -0.3 is 19.5 Å². The van der Waals surface area contributed by atoms with Gasteiger partial charge in [0, 0.05) is 41.6 Å². The summed E-state index contributed by atoms with van der Waals surface area (Å²) in [6, 6.07) is 22.8. The summed E-state index contributed by atoms with van der Waals surface area (Å²) in [5.41, 5.74) is 5.61. The highest BCUT2D eigenvalue weighted by Crippen LogP contribution is 2.41. The van der Waals surface area contributed by atoms with Crippen LogP contribution >= 0.6 is 0 Å². The molecule has 0 amide bonds. The molecule has 43 heavy (non-hydrogen) atoms. The maximum Gasteiger partial charge on any atom is 0.163 e. The minimum Gasteiger partial charge on any atom is -0.493 e. The first kappa shape index (κ1) is 29.1. The van der Waals surface area contributed by atoms with Crippen molar-refractivity contribution in [1.82, 2.24) is 9.88 Å². The molecular weight excluding hydrogens is 534 g/mol. The van der Waals surface area contributed by atoms with Gasteiger partial charge in [-0.25, -0.2) is 0 Å². The third-order valence-electron chi connectivity index (χ3n) is 9.05. The smallest absolute Gasteiger partial charge is 0.163 e. The Hall–Kier alpha value is -4.03. The van der Waals surface area contributed by atoms with Crippen molar-refractivity contribution >= 4 is 22.3 Å². The van der Waals surface area contributed by atoms with E-state index in [4.69, 9.17) is 14.2 Å². The summed E-state index contributed by atoms with van der Waals surface area (Å²) in [6.07, 6.45) is 4.18. The standard InChI is InChI=1S/C37H43N3O3/c1-24(2)32-22-40-18-16-25(32)19-29(40)23-42-36-21-33-31(20-35(36)41-6)34(15-17-38-33)43-30-13-11-28(12-14-30)39-27-9-7-26(8-10-27)37(3,4)5/h7-15,17,20-21,25,29,32,39H,1,16,18-19,22-23H2,2-6H3/t25?,29-,32-/m1/s1. The average molecular weight is 578 g/mol. The minimum atomic E-state index is 0.134. The van der Waals surface area contributed by atoms with E-state index in [-0.39, 0.29) is 5.41 Å². The molecule has 2 bridgehead atoms. The molecule has 1 N–H and O–H groups in total. The summed E-state index contributed by atoms with van der Waals surface area (Å²) in [7, 11) is 1.68. The second-order valence-corrected chi connectivity index (χ2v) is 13.1. The summed E-state index contributed by atoms with van der Waals surface area (Å²) in [5, 5.41) is 4.35. The Morgan fingerprint density at radius 2 is 1.70 bits per heavy atom. The van der Waals surface area contributed by atoms with Gasteiger partial charge in [0.15, 0.2) is 11.5 Å². The number of fused-ring (bicyclic) bond motifs is 4. The van der Waals surface area contributed by atoms with Crippen LogP contribution in [0.5, 0.6) is 23.0 Å². The van der Waals surface area contributed by atoms with Gasteiger partial charge in [-0.2, -0.15) is 0 Å². The molecule has 224 valence electrons. The molecule has 6 heteroatoms. The normalized spacial score (nSPS) is 21.4. The van der Waals surface area contributed by atoms with Crippen LogP contribution in [0.1, 0.15) is 46.1 Å². The minimum absolute atomic E-state index is 0.134. The van der Waals surface area contributed by atoms with E-state index in [2.05, 4.69) is 73.7 Å². The van der Waals surface area contributed by atoms with Crippen molar-refractivity contribution in [1.29, 1.82) is 0 Å². The number of ether oxygens (including phenoxy) is 3. The molecule has 0 saturated carbocycles. The molecule has 7 rings (SSSR count). The number of nitrogens with one attached hydrogen (secondary N) is 1. The van der Waals surface area contributed by atoms with E-state index >= 15 is 0 Å². The van der Waals surface area contributed by atoms with E-state index in [0.717, 1.165) is 53.3 Å². The Kier molecular flexibility index (Phi) is 8.06. The van der Waals surface area contributed by atoms with Crippen LogP contribution in [-0.2, 0) is 5.41 Å². The Balaban J connectivity index is 1.13. The van der Waals surface area contributed by atoms with Gasteiger partial charge in [0.2, 0.25) is 0 Å². The predicted molar refractivity (Wildman–Crippen MR) is 175 cm³/mol. The number of pyridine rings is 1. The highest BCUT2D eigenvalue weighted by Gasteiger charge is 2.40. The number of piperidine rings is 3. The van der Waals surface area contributed by atoms with Crippen molar-refractivity contribution in [3.05, 3.63) is 90.6 Å². The number of hydrogen-bond donors (Lipinski definition) is 1. The lowest BCUT2D eigenvalue weighted by Gasteiger charge is -2.50. The van der Waals surface area contributed by atoms with Crippen LogP contribution < -0.4 is 19.5 Å². The van der Waals surface area contributed by atoms with Gasteiger partial charge in [0.05, 0.1) is 12.6 Å². The lowest BCUT2D eigenvalue weighted by Crippen LogP contribution is -2.55. The average Bonchev–Trinajstić information content (AvgIpc) is 3.00. The molecule has 4 atom stereocenters. The molecule has 0 radical (unpaired) electrons. The van der Waals surface area contributed by atoms with Gasteiger partial charge in [-0.05, 0) is 97.7 Å². The second-order valence-electron chi connectivity index (χ2n) is 13.1. The molecule has 3 saturated heterocycles. The highest BCUT2D eigenvalue weighted by atomic mass is 16.5. The molecule has 6 nitrogen and oxygen atoms in total. The van der Waals surface area contributed by atoms with Crippen LogP contribution in [0.3, 0.4) is 0 Å². The van der Waals surface area contributed by atoms with Crippen LogP contribution in [-0.4, -0.2) is 42.7 Å². The number of nitrogens with zero attached hydrogens (tertiary/aromatic N) is 2. The number of rotatable bonds is 9. The Labute approximate surface area is 255 Å². The van der Waals surface area contributed by atoms with Crippen LogP contribution in [0.25, 0.3) is 10.9 Å². The largest absolute Gasteiger partial charge is 0.493 e. The van der Waals surface area contributed by atoms with Gasteiger partial charge in [-0.1, -0.05) is 45.1 Å². The van der Waals surface area contributed by atoms with Gasteiger partial charge >= 0.3 is 0 Å². The lowest BCUT2D eigenvalue weighted by molar-refractivity contribution is -0.00516. The van der Waals surface area contributed by atoms with Crippen molar-refractivity contribution in [2.75, 3.05) is 32.1 Å². The molecule has 3 fully saturated rings. The number of anilines is 2. The molecule has 0 aliphatic carbocycles. The van der Waals surface area contributed by atoms with E-state index in [9.17, 15) is 0 Å². The number of methoxy groups -OCH3 is 1. The van der Waals surface area contributed by atoms with Crippen molar-refractivity contribution in [2.45, 2.75) is 52.0 Å². The van der Waals surface area contributed by atoms with E-state index in [1.54, 1.807) is 13.3 Å². The first-order chi connectivity index (χ1) is 20.7. The molecule has 0 spiro atoms. The van der Waals surface area contributed by atoms with Crippen LogP contribution in [0, 0.1) is 11.8 Å². The van der Waals surface area contributed by atoms with Crippen LogP contribution in [0.4, 0.5) is 11.4 Å². The van der Waals surface area contributed by atoms with Crippen molar-refractivity contribution in [3.8, 4) is 23.0 Å². The fourth-order valence-electron chi connectivity index (χ4n) is 6.50. The first-order valence-electron chi connectivity index (χ1n) is 15.3. The summed E-state index contributed by atoms with van der Waals surface area (Å²) in [6.45, 7) is 15.9. The summed E-state index contributed by atoms with van der Waals surface area (Å²) >= 11 is 0. The first-order valence-corrected chi connectivity index (χ1v) is 15.3. The number of hydrogen-bond acceptors (Lipinski definition) is 6. The Morgan fingerprint density at radius 1 is 0.977 bits per heavy atom. The second kappa shape index (κ2) is 11.9. The monoisotopic (exact) mass is 577 g/mol. The van der Waals surface area contributed by atoms with E-state index in [1.165, 1.54) is 17.6 Å². The number of benzene rings is 3. The third-order valence-corrected chi connectivity index (χ3v) is 9.05. The van der Waals surface area contributed by atoms with Crippen LogP contribution in [0.2, 0.25) is 0 Å². The van der Waals surface area contributed by atoms with E-state index in [1.807, 2.05) is 42.5 Å². The SMILES string of the molecule is C=C(C)[C@H]1CN2CCC1C[C@@H]2COc1cc2nccc(Oc3ccc(Nc4ccc(C(C)(C)C)cc4)cc3)c2cc1OC. The maximum absolute atomic E-state index is 6.39. The van der Waals surface area contributed by atoms with Gasteiger partial charge in [0.25, 0.3) is 0 Å². The molecule has 3 aromatic carbocycles. The van der Waals surface area contributed by atoms with E-state index < -0.39 is 0 Å². The van der Waals surface area contributed by atoms with Crippen molar-refractivity contribution in [2.24, 2.45) is 11.8 Å². The summed E-state index contributed by atoms with van der Waals surface area (Å²) in [4.78, 5) is 7.19. The van der Waals surface area contributed by atoms with Crippen molar-refractivity contribution in [3.63, 3.8) is 0 Å². The summed E-state index contributed by atoms with van der Waals surface area (Å²) in [5.74, 6) is 4.18. The fraction of sp³-hybridized carbons (Fsp3) is 0.378. The predicted octanol–water partition coefficient (Wildman–Crippen LogP) is 8.74. The molecular formula is C37H43N3O3. The Morgan fingerprint density at radius 3 is 2.33 bits per heavy atom. The zero-order chi connectivity index (χ0) is 30.1. The lowest BCUT2D eigenvalue weighted by atomic mass is 9.73. The van der Waals surface area contributed by atoms with Gasteiger partial charge in [-0.3, -0.25) is 9.88 Å². The molecule has 4 heterocycles. The molecule has 3 aliphatic rings.